The number of aromatic nitrogens is 4. The normalized spacial score (nSPS) is 23.3. The molecule has 0 spiro atoms. The van der Waals surface area contributed by atoms with Gasteiger partial charge in [0.25, 0.3) is 5.56 Å². The number of terminal acetylenes is 1. The summed E-state index contributed by atoms with van der Waals surface area (Å²) in [5, 5.41) is 15.4. The standard InChI is InChI=1S/C21H28FN6O9P/c1-5-21(22)17(31)13(37-20(21)28-11-23-16-18(28)26-12(4)27-19(16)32)10-36-38(33,24-8-14(29)34-6-2)25-9-15(30)35-7-3/h1,11,13,17,20,31H,6-10H2,2-4H3,(H2,24,25,33)(H,26,27,32)/t13-,17+,20-,21?/m1/s1. The first-order valence-corrected chi connectivity index (χ1v) is 13.1. The molecule has 0 amide bonds. The average Bonchev–Trinajstić information content (AvgIpc) is 3.40. The molecule has 17 heteroatoms. The van der Waals surface area contributed by atoms with Gasteiger partial charge in [-0.25, -0.2) is 24.5 Å². The highest BCUT2D eigenvalue weighted by molar-refractivity contribution is 7.54. The molecule has 208 valence electrons. The van der Waals surface area contributed by atoms with E-state index >= 15 is 4.39 Å². The number of ether oxygens (including phenoxy) is 3. The number of nitrogens with zero attached hydrogens (tertiary/aromatic N) is 3. The summed E-state index contributed by atoms with van der Waals surface area (Å²) in [4.78, 5) is 46.2. The van der Waals surface area contributed by atoms with Gasteiger partial charge in [-0.2, -0.15) is 0 Å². The second kappa shape index (κ2) is 12.1. The van der Waals surface area contributed by atoms with E-state index in [2.05, 4.69) is 25.1 Å². The van der Waals surface area contributed by atoms with Crippen molar-refractivity contribution in [3.8, 4) is 12.3 Å². The molecule has 0 aromatic carbocycles. The number of rotatable bonds is 12. The number of hydrogen-bond acceptors (Lipinski definition) is 11. The Hall–Kier alpha value is -3.19. The van der Waals surface area contributed by atoms with Crippen LogP contribution in [0.2, 0.25) is 0 Å². The van der Waals surface area contributed by atoms with Crippen molar-refractivity contribution in [2.75, 3.05) is 32.9 Å². The molecule has 1 fully saturated rings. The van der Waals surface area contributed by atoms with Crippen LogP contribution < -0.4 is 15.7 Å². The zero-order valence-corrected chi connectivity index (χ0v) is 21.7. The average molecular weight is 558 g/mol. The maximum atomic E-state index is 15.9. The van der Waals surface area contributed by atoms with E-state index in [0.717, 1.165) is 10.9 Å². The second-order valence-corrected chi connectivity index (χ2v) is 9.98. The number of nitrogens with one attached hydrogen (secondary N) is 3. The van der Waals surface area contributed by atoms with Gasteiger partial charge in [0.1, 0.15) is 31.1 Å². The van der Waals surface area contributed by atoms with Crippen LogP contribution in [0.15, 0.2) is 11.1 Å². The van der Waals surface area contributed by atoms with E-state index in [1.807, 2.05) is 5.92 Å². The number of alkyl halides is 1. The number of halogens is 1. The minimum Gasteiger partial charge on any atom is -0.465 e. The summed E-state index contributed by atoms with van der Waals surface area (Å²) in [5.74, 6) is 0.576. The topological polar surface area (TPSA) is 196 Å². The van der Waals surface area contributed by atoms with E-state index in [1.165, 1.54) is 6.92 Å². The van der Waals surface area contributed by atoms with Crippen molar-refractivity contribution >= 4 is 30.8 Å². The highest BCUT2D eigenvalue weighted by Crippen LogP contribution is 2.44. The van der Waals surface area contributed by atoms with Crippen LogP contribution in [0.3, 0.4) is 0 Å². The molecule has 15 nitrogen and oxygen atoms in total. The number of aryl methyl sites for hydroxylation is 1. The van der Waals surface area contributed by atoms with Gasteiger partial charge in [0.05, 0.1) is 26.1 Å². The Bertz CT molecular complexity index is 1300. The molecule has 4 N–H and O–H groups in total. The van der Waals surface area contributed by atoms with Gasteiger partial charge in [-0.1, -0.05) is 5.92 Å². The zero-order valence-electron chi connectivity index (χ0n) is 20.8. The second-order valence-electron chi connectivity index (χ2n) is 7.99. The molecule has 3 heterocycles. The van der Waals surface area contributed by atoms with E-state index in [-0.39, 0.29) is 30.2 Å². The number of carbonyl (C=O) groups excluding carboxylic acids is 2. The number of hydrogen-bond donors (Lipinski definition) is 4. The monoisotopic (exact) mass is 558 g/mol. The molecular formula is C21H28FN6O9P. The first kappa shape index (κ1) is 29.4. The van der Waals surface area contributed by atoms with Gasteiger partial charge in [-0.15, -0.1) is 6.42 Å². The maximum Gasteiger partial charge on any atom is 0.341 e. The Labute approximate surface area is 216 Å². The fourth-order valence-electron chi connectivity index (χ4n) is 3.61. The Balaban J connectivity index is 1.82. The van der Waals surface area contributed by atoms with Crippen LogP contribution >= 0.6 is 7.67 Å². The number of carbonyl (C=O) groups is 2. The largest absolute Gasteiger partial charge is 0.465 e. The number of esters is 2. The van der Waals surface area contributed by atoms with Gasteiger partial charge in [0.15, 0.2) is 17.4 Å². The molecule has 0 radical (unpaired) electrons. The van der Waals surface area contributed by atoms with E-state index in [1.54, 1.807) is 13.8 Å². The lowest BCUT2D eigenvalue weighted by atomic mass is 9.97. The summed E-state index contributed by atoms with van der Waals surface area (Å²) in [7, 11) is -4.18. The Kier molecular flexibility index (Phi) is 9.36. The molecule has 2 aromatic rings. The van der Waals surface area contributed by atoms with Crippen LogP contribution in [0.4, 0.5) is 4.39 Å². The molecule has 4 atom stereocenters. The van der Waals surface area contributed by atoms with Gasteiger partial charge in [-0.3, -0.25) is 23.5 Å². The number of aromatic amines is 1. The molecule has 0 saturated carbocycles. The van der Waals surface area contributed by atoms with Crippen LogP contribution in [-0.2, 0) is 32.9 Å². The summed E-state index contributed by atoms with van der Waals surface area (Å²) in [6, 6.07) is 0. The predicted molar refractivity (Wildman–Crippen MR) is 128 cm³/mol. The Morgan fingerprint density at radius 3 is 2.47 bits per heavy atom. The number of fused-ring (bicyclic) bond motifs is 1. The van der Waals surface area contributed by atoms with E-state index < -0.39 is 69.0 Å². The number of aliphatic hydroxyl groups is 1. The van der Waals surface area contributed by atoms with E-state index in [4.69, 9.17) is 25.2 Å². The van der Waals surface area contributed by atoms with Crippen molar-refractivity contribution in [1.82, 2.24) is 29.7 Å². The summed E-state index contributed by atoms with van der Waals surface area (Å²) < 4.78 is 50.8. The van der Waals surface area contributed by atoms with E-state index in [9.17, 15) is 24.1 Å². The van der Waals surface area contributed by atoms with E-state index in [0.29, 0.717) is 0 Å². The van der Waals surface area contributed by atoms with Crippen LogP contribution in [-0.4, -0.2) is 87.4 Å². The van der Waals surface area contributed by atoms with Crippen LogP contribution in [0.1, 0.15) is 25.9 Å². The summed E-state index contributed by atoms with van der Waals surface area (Å²) in [6.07, 6.45) is 1.35. The predicted octanol–water partition coefficient (Wildman–Crippen LogP) is -0.542. The third kappa shape index (κ3) is 6.26. The van der Waals surface area contributed by atoms with Gasteiger partial charge in [0, 0.05) is 0 Å². The molecule has 2 aromatic heterocycles. The quantitative estimate of drug-likeness (QED) is 0.147. The molecular weight excluding hydrogens is 530 g/mol. The molecule has 1 unspecified atom stereocenters. The lowest BCUT2D eigenvalue weighted by Crippen LogP contribution is -2.42. The lowest BCUT2D eigenvalue weighted by Gasteiger charge is -2.24. The highest BCUT2D eigenvalue weighted by Gasteiger charge is 2.58. The molecule has 1 aliphatic heterocycles. The minimum absolute atomic E-state index is 0.0415. The number of imidazole rings is 1. The van der Waals surface area contributed by atoms with Gasteiger partial charge >= 0.3 is 19.6 Å². The van der Waals surface area contributed by atoms with Crippen LogP contribution in [0, 0.1) is 19.3 Å². The summed E-state index contributed by atoms with van der Waals surface area (Å²) in [5.41, 5.74) is -3.56. The fourth-order valence-corrected chi connectivity index (χ4v) is 4.93. The summed E-state index contributed by atoms with van der Waals surface area (Å²) in [6.45, 7) is 2.98. The van der Waals surface area contributed by atoms with Crippen LogP contribution in [0.25, 0.3) is 11.2 Å². The Morgan fingerprint density at radius 2 is 1.92 bits per heavy atom. The third-order valence-electron chi connectivity index (χ3n) is 5.36. The van der Waals surface area contributed by atoms with Crippen molar-refractivity contribution in [3.05, 3.63) is 22.5 Å². The lowest BCUT2D eigenvalue weighted by molar-refractivity contribution is -0.142. The number of aliphatic hydroxyl groups excluding tert-OH is 1. The highest BCUT2D eigenvalue weighted by atomic mass is 31.2. The Morgan fingerprint density at radius 1 is 1.32 bits per heavy atom. The van der Waals surface area contributed by atoms with Crippen molar-refractivity contribution in [1.29, 1.82) is 0 Å². The smallest absolute Gasteiger partial charge is 0.341 e. The molecule has 3 rings (SSSR count). The van der Waals surface area contributed by atoms with Crippen LogP contribution in [0.5, 0.6) is 0 Å². The van der Waals surface area contributed by atoms with Gasteiger partial charge in [0.2, 0.25) is 5.67 Å². The molecule has 0 bridgehead atoms. The van der Waals surface area contributed by atoms with Gasteiger partial charge in [-0.05, 0) is 20.8 Å². The number of H-pyrrole nitrogens is 1. The third-order valence-corrected chi connectivity index (χ3v) is 7.03. The van der Waals surface area contributed by atoms with Crippen molar-refractivity contribution in [2.45, 2.75) is 44.9 Å². The SMILES string of the molecule is C#CC1(F)[C@@H](O)[C@@H](COP(=O)(NCC(=O)OCC)NCC(=O)OCC)O[C@H]1n1cnc2c(=O)[nH]c(C)nc21. The van der Waals surface area contributed by atoms with Crippen molar-refractivity contribution in [3.63, 3.8) is 0 Å². The first-order chi connectivity index (χ1) is 18.0. The fraction of sp³-hybridized carbons (Fsp3) is 0.571. The molecule has 38 heavy (non-hydrogen) atoms. The van der Waals surface area contributed by atoms with Crippen molar-refractivity contribution in [2.24, 2.45) is 0 Å². The molecule has 0 aliphatic carbocycles. The zero-order chi connectivity index (χ0) is 28.1. The maximum absolute atomic E-state index is 15.9. The summed E-state index contributed by atoms with van der Waals surface area (Å²) >= 11 is 0. The molecule has 1 aliphatic rings. The van der Waals surface area contributed by atoms with Crippen molar-refractivity contribution < 1.29 is 42.4 Å². The first-order valence-electron chi connectivity index (χ1n) is 11.5. The molecule has 1 saturated heterocycles. The van der Waals surface area contributed by atoms with Gasteiger partial charge < -0.3 is 28.8 Å². The minimum atomic E-state index is -4.18.